The predicted molar refractivity (Wildman–Crippen MR) is 91.0 cm³/mol. The molecular weight excluding hydrogens is 306 g/mol. The molecule has 0 radical (unpaired) electrons. The van der Waals surface area contributed by atoms with Gasteiger partial charge in [-0.25, -0.2) is 9.48 Å². The topological polar surface area (TPSA) is 74.1 Å². The normalized spacial score (nSPS) is 11.0. The molecule has 0 amide bonds. The van der Waals surface area contributed by atoms with Gasteiger partial charge in [0.2, 0.25) is 0 Å². The van der Waals surface area contributed by atoms with Crippen molar-refractivity contribution in [1.82, 2.24) is 14.8 Å². The number of carbonyl (C=O) groups excluding carboxylic acids is 1. The Hall–Kier alpha value is -3.02. The summed E-state index contributed by atoms with van der Waals surface area (Å²) < 4.78 is 6.18. The van der Waals surface area contributed by atoms with Crippen molar-refractivity contribution in [2.45, 2.75) is 19.9 Å². The summed E-state index contributed by atoms with van der Waals surface area (Å²) in [4.78, 5) is 28.5. The van der Waals surface area contributed by atoms with Crippen molar-refractivity contribution in [2.24, 2.45) is 0 Å². The van der Waals surface area contributed by atoms with Crippen molar-refractivity contribution in [3.8, 4) is 11.3 Å². The van der Waals surface area contributed by atoms with Crippen LogP contribution in [0.5, 0.6) is 0 Å². The number of esters is 1. The Morgan fingerprint density at radius 1 is 1.21 bits per heavy atom. The maximum atomic E-state index is 12.5. The lowest BCUT2D eigenvalue weighted by Gasteiger charge is -2.13. The van der Waals surface area contributed by atoms with Crippen LogP contribution in [0.4, 0.5) is 0 Å². The molecule has 6 heteroatoms. The molecule has 0 atom stereocenters. The number of ether oxygens (including phenoxy) is 1. The largest absolute Gasteiger partial charge is 0.465 e. The summed E-state index contributed by atoms with van der Waals surface area (Å²) in [6.07, 6.45) is 1.59. The van der Waals surface area contributed by atoms with Crippen LogP contribution in [0.25, 0.3) is 22.2 Å². The lowest BCUT2D eigenvalue weighted by molar-refractivity contribution is 0.0601. The number of benzene rings is 1. The second kappa shape index (κ2) is 6.23. The summed E-state index contributed by atoms with van der Waals surface area (Å²) in [6, 6.07) is 10.4. The number of hydrogen-bond donors (Lipinski definition) is 0. The van der Waals surface area contributed by atoms with Gasteiger partial charge in [0.1, 0.15) is 11.2 Å². The minimum absolute atomic E-state index is 0.105. The van der Waals surface area contributed by atoms with Crippen molar-refractivity contribution in [2.75, 3.05) is 7.11 Å². The van der Waals surface area contributed by atoms with E-state index in [2.05, 4.69) is 10.1 Å². The van der Waals surface area contributed by atoms with Gasteiger partial charge in [-0.15, -0.1) is 0 Å². The van der Waals surface area contributed by atoms with Crippen molar-refractivity contribution in [3.05, 3.63) is 58.5 Å². The zero-order chi connectivity index (χ0) is 17.3. The standard InChI is InChI=1S/C18H17N3O3/c1-11(2)21-17(22)16-14(8-5-9-19-16)15(20-21)12-6-4-7-13(10-12)18(23)24-3/h4-11H,1-3H3. The lowest BCUT2D eigenvalue weighted by Crippen LogP contribution is -2.26. The van der Waals surface area contributed by atoms with Gasteiger partial charge in [0.05, 0.1) is 18.7 Å². The third kappa shape index (κ3) is 2.67. The Bertz CT molecular complexity index is 977. The van der Waals surface area contributed by atoms with E-state index in [9.17, 15) is 9.59 Å². The average molecular weight is 323 g/mol. The minimum atomic E-state index is -0.420. The van der Waals surface area contributed by atoms with E-state index >= 15 is 0 Å². The molecule has 24 heavy (non-hydrogen) atoms. The van der Waals surface area contributed by atoms with Gasteiger partial charge in [-0.05, 0) is 38.1 Å². The van der Waals surface area contributed by atoms with Gasteiger partial charge in [0.15, 0.2) is 0 Å². The minimum Gasteiger partial charge on any atom is -0.465 e. The van der Waals surface area contributed by atoms with E-state index in [0.29, 0.717) is 22.2 Å². The number of pyridine rings is 1. The number of rotatable bonds is 3. The van der Waals surface area contributed by atoms with E-state index in [4.69, 9.17) is 4.74 Å². The fraction of sp³-hybridized carbons (Fsp3) is 0.222. The molecule has 2 aromatic heterocycles. The Morgan fingerprint density at radius 2 is 2.00 bits per heavy atom. The Kier molecular flexibility index (Phi) is 4.12. The van der Waals surface area contributed by atoms with E-state index in [0.717, 1.165) is 5.56 Å². The Labute approximate surface area is 138 Å². The van der Waals surface area contributed by atoms with Crippen LogP contribution < -0.4 is 5.56 Å². The predicted octanol–water partition coefficient (Wildman–Crippen LogP) is 2.83. The molecule has 3 aromatic rings. The first-order chi connectivity index (χ1) is 11.5. The third-order valence-electron chi connectivity index (χ3n) is 3.73. The highest BCUT2D eigenvalue weighted by molar-refractivity contribution is 5.95. The maximum absolute atomic E-state index is 12.5. The molecule has 0 fully saturated rings. The molecule has 0 aliphatic heterocycles. The van der Waals surface area contributed by atoms with Crippen LogP contribution in [0.1, 0.15) is 30.2 Å². The van der Waals surface area contributed by atoms with Crippen LogP contribution in [0.2, 0.25) is 0 Å². The highest BCUT2D eigenvalue weighted by atomic mass is 16.5. The van der Waals surface area contributed by atoms with Crippen molar-refractivity contribution < 1.29 is 9.53 Å². The van der Waals surface area contributed by atoms with E-state index in [1.54, 1.807) is 30.5 Å². The summed E-state index contributed by atoms with van der Waals surface area (Å²) >= 11 is 0. The van der Waals surface area contributed by atoms with Gasteiger partial charge in [-0.1, -0.05) is 12.1 Å². The molecule has 0 unspecified atom stereocenters. The molecule has 3 rings (SSSR count). The fourth-order valence-electron chi connectivity index (χ4n) is 2.56. The molecule has 0 aliphatic rings. The highest BCUT2D eigenvalue weighted by Crippen LogP contribution is 2.25. The summed E-state index contributed by atoms with van der Waals surface area (Å²) in [5, 5.41) is 5.16. The second-order valence-electron chi connectivity index (χ2n) is 5.66. The van der Waals surface area contributed by atoms with E-state index < -0.39 is 5.97 Å². The van der Waals surface area contributed by atoms with Gasteiger partial charge >= 0.3 is 5.97 Å². The van der Waals surface area contributed by atoms with Crippen LogP contribution in [0.3, 0.4) is 0 Å². The van der Waals surface area contributed by atoms with E-state index in [1.165, 1.54) is 11.8 Å². The number of carbonyl (C=O) groups is 1. The number of methoxy groups -OCH3 is 1. The van der Waals surface area contributed by atoms with Gasteiger partial charge in [0.25, 0.3) is 5.56 Å². The van der Waals surface area contributed by atoms with Gasteiger partial charge < -0.3 is 4.74 Å². The van der Waals surface area contributed by atoms with Crippen LogP contribution in [0, 0.1) is 0 Å². The smallest absolute Gasteiger partial charge is 0.337 e. The van der Waals surface area contributed by atoms with E-state index in [-0.39, 0.29) is 11.6 Å². The Balaban J connectivity index is 2.32. The van der Waals surface area contributed by atoms with Gasteiger partial charge in [0, 0.05) is 17.1 Å². The zero-order valence-corrected chi connectivity index (χ0v) is 13.7. The van der Waals surface area contributed by atoms with Crippen LogP contribution in [-0.4, -0.2) is 27.8 Å². The SMILES string of the molecule is COC(=O)c1cccc(-c2nn(C(C)C)c(=O)c3ncccc23)c1. The summed E-state index contributed by atoms with van der Waals surface area (Å²) in [5.41, 5.74) is 1.90. The fourth-order valence-corrected chi connectivity index (χ4v) is 2.56. The van der Waals surface area contributed by atoms with Gasteiger partial charge in [-0.3, -0.25) is 9.78 Å². The molecule has 0 N–H and O–H groups in total. The molecular formula is C18H17N3O3. The Morgan fingerprint density at radius 3 is 2.71 bits per heavy atom. The molecule has 0 bridgehead atoms. The first-order valence-electron chi connectivity index (χ1n) is 7.59. The quantitative estimate of drug-likeness (QED) is 0.693. The molecule has 122 valence electrons. The maximum Gasteiger partial charge on any atom is 0.337 e. The number of hydrogen-bond acceptors (Lipinski definition) is 5. The zero-order valence-electron chi connectivity index (χ0n) is 13.7. The highest BCUT2D eigenvalue weighted by Gasteiger charge is 2.16. The monoisotopic (exact) mass is 323 g/mol. The average Bonchev–Trinajstić information content (AvgIpc) is 2.61. The molecule has 0 spiro atoms. The molecule has 2 heterocycles. The first-order valence-corrected chi connectivity index (χ1v) is 7.59. The number of nitrogens with zero attached hydrogens (tertiary/aromatic N) is 3. The number of aromatic nitrogens is 3. The molecule has 0 saturated heterocycles. The first kappa shape index (κ1) is 15.9. The van der Waals surface area contributed by atoms with Crippen molar-refractivity contribution in [3.63, 3.8) is 0 Å². The van der Waals surface area contributed by atoms with Crippen molar-refractivity contribution in [1.29, 1.82) is 0 Å². The second-order valence-corrected chi connectivity index (χ2v) is 5.66. The molecule has 1 aromatic carbocycles. The number of fused-ring (bicyclic) bond motifs is 1. The third-order valence-corrected chi connectivity index (χ3v) is 3.73. The lowest BCUT2D eigenvalue weighted by atomic mass is 10.0. The molecule has 0 aliphatic carbocycles. The van der Waals surface area contributed by atoms with Crippen LogP contribution >= 0.6 is 0 Å². The summed E-state index contributed by atoms with van der Waals surface area (Å²) in [6.45, 7) is 3.77. The van der Waals surface area contributed by atoms with Crippen molar-refractivity contribution >= 4 is 16.9 Å². The van der Waals surface area contributed by atoms with Crippen LogP contribution in [0.15, 0.2) is 47.4 Å². The van der Waals surface area contributed by atoms with E-state index in [1.807, 2.05) is 26.0 Å². The van der Waals surface area contributed by atoms with Gasteiger partial charge in [-0.2, -0.15) is 5.10 Å². The molecule has 6 nitrogen and oxygen atoms in total. The summed E-state index contributed by atoms with van der Waals surface area (Å²) in [5.74, 6) is -0.420. The molecule has 0 saturated carbocycles. The van der Waals surface area contributed by atoms with Crippen LogP contribution in [-0.2, 0) is 4.74 Å². The summed E-state index contributed by atoms with van der Waals surface area (Å²) in [7, 11) is 1.34.